The molecule has 4 aliphatic rings. The molecule has 4 aliphatic carbocycles. The van der Waals surface area contributed by atoms with Crippen molar-refractivity contribution < 1.29 is 63.2 Å². The summed E-state index contributed by atoms with van der Waals surface area (Å²) in [4.78, 5) is 0. The number of halogens is 2. The maximum atomic E-state index is 3.36. The second-order valence-electron chi connectivity index (χ2n) is 9.60. The molecule has 0 radical (unpaired) electrons. The predicted molar refractivity (Wildman–Crippen MR) is 158 cm³/mol. The van der Waals surface area contributed by atoms with Crippen LogP contribution in [0.15, 0.2) is 69.9 Å². The van der Waals surface area contributed by atoms with Crippen LogP contribution in [0.2, 0.25) is 26.2 Å². The van der Waals surface area contributed by atoms with Crippen molar-refractivity contribution >= 4 is 12.4 Å². The zero-order chi connectivity index (χ0) is 28.3. The van der Waals surface area contributed by atoms with Gasteiger partial charge in [-0.05, 0) is 0 Å². The van der Waals surface area contributed by atoms with Gasteiger partial charge in [0.2, 0.25) is 0 Å². The molecule has 0 saturated carbocycles. The summed E-state index contributed by atoms with van der Waals surface area (Å²) in [7, 11) is 0. The van der Waals surface area contributed by atoms with Gasteiger partial charge in [-0.3, -0.25) is 24.3 Å². The number of hydrogen-bond donors (Lipinski definition) is 0. The molecule has 0 heterocycles. The van der Waals surface area contributed by atoms with Crippen molar-refractivity contribution in [1.29, 1.82) is 0 Å². The molecule has 0 aromatic rings. The first-order valence-electron chi connectivity index (χ1n) is 12.7. The van der Waals surface area contributed by atoms with E-state index in [1.807, 2.05) is 24.3 Å². The molecule has 2 unspecified atom stereocenters. The van der Waals surface area contributed by atoms with Crippen molar-refractivity contribution in [2.24, 2.45) is 11.8 Å². The van der Waals surface area contributed by atoms with E-state index in [1.54, 1.807) is 0 Å². The van der Waals surface area contributed by atoms with E-state index >= 15 is 0 Å². The molecule has 2 atom stereocenters. The van der Waals surface area contributed by atoms with Crippen LogP contribution in [0, 0.1) is 36.1 Å². The van der Waals surface area contributed by atoms with Crippen LogP contribution in [-0.4, -0.2) is 12.4 Å². The fraction of sp³-hybridized carbons (Fsp3) is 0.500. The van der Waals surface area contributed by atoms with Crippen LogP contribution in [0.25, 0.3) is 0 Å². The molecule has 0 amide bonds. The van der Waals surface area contributed by atoms with Crippen LogP contribution in [-0.2, 0) is 38.3 Å². The molecule has 0 aliphatic heterocycles. The molecule has 38 heavy (non-hydrogen) atoms. The van der Waals surface area contributed by atoms with Gasteiger partial charge in [0, 0.05) is 0 Å². The van der Waals surface area contributed by atoms with Gasteiger partial charge in [-0.25, -0.2) is 35.5 Å². The third-order valence-electron chi connectivity index (χ3n) is 5.64. The minimum Gasteiger partial charge on any atom is -1.00 e. The summed E-state index contributed by atoms with van der Waals surface area (Å²) in [5.74, 6) is 1.12. The number of allylic oxidation sites excluding steroid dienone is 16. The minimum absolute atomic E-state index is 0. The van der Waals surface area contributed by atoms with Gasteiger partial charge in [-0.1, -0.05) is 53.4 Å². The molecule has 0 nitrogen and oxygen atoms in total. The maximum Gasteiger partial charge on any atom is -0.109 e. The van der Waals surface area contributed by atoms with Crippen LogP contribution in [0.5, 0.6) is 0 Å². The molecule has 0 bridgehead atoms. The molecular weight excluding hydrogens is 607 g/mol. The Bertz CT molecular complexity index is 856. The average molecular weight is 656 g/mol. The second kappa shape index (κ2) is 27.5. The van der Waals surface area contributed by atoms with E-state index in [4.69, 9.17) is 0 Å². The van der Waals surface area contributed by atoms with Gasteiger partial charge in [0.1, 0.15) is 0 Å². The van der Waals surface area contributed by atoms with E-state index in [-0.39, 0.29) is 37.2 Å². The molecule has 6 heteroatoms. The first-order valence-corrected chi connectivity index (χ1v) is 22.4. The summed E-state index contributed by atoms with van der Waals surface area (Å²) in [5.41, 5.74) is 8.49. The van der Waals surface area contributed by atoms with E-state index < -0.39 is 0 Å². The van der Waals surface area contributed by atoms with Gasteiger partial charge in [-0.2, -0.15) is 34.4 Å². The maximum absolute atomic E-state index is 3.36. The van der Waals surface area contributed by atoms with Crippen molar-refractivity contribution in [3.8, 4) is 0 Å². The van der Waals surface area contributed by atoms with E-state index in [0.717, 1.165) is 12.8 Å². The largest absolute Gasteiger partial charge is 1.00 e. The third kappa shape index (κ3) is 25.3. The van der Waals surface area contributed by atoms with Crippen LogP contribution in [0.4, 0.5) is 0 Å². The second-order valence-corrected chi connectivity index (χ2v) is 23.0. The Hall–Kier alpha value is 0.362. The smallest absolute Gasteiger partial charge is 0.109 e. The van der Waals surface area contributed by atoms with Crippen molar-refractivity contribution in [2.75, 3.05) is 0 Å². The first kappa shape index (κ1) is 45.4. The summed E-state index contributed by atoms with van der Waals surface area (Å²) in [6, 6.07) is 0. The topological polar surface area (TPSA) is 0 Å². The molecule has 4 rings (SSSR count). The monoisotopic (exact) mass is 654 g/mol. The van der Waals surface area contributed by atoms with Crippen molar-refractivity contribution in [3.63, 3.8) is 0 Å². The predicted octanol–water partition coefficient (Wildman–Crippen LogP) is 3.63. The van der Waals surface area contributed by atoms with Gasteiger partial charge in [0.25, 0.3) is 0 Å². The summed E-state index contributed by atoms with van der Waals surface area (Å²) >= 11 is 4.54. The molecular formula is C32H48Cl2Si2Ti2-2. The van der Waals surface area contributed by atoms with Crippen LogP contribution in [0.1, 0.15) is 68.2 Å². The Morgan fingerprint density at radius 1 is 0.632 bits per heavy atom. The molecule has 0 aromatic heterocycles. The van der Waals surface area contributed by atoms with Gasteiger partial charge >= 0.3 is 76.9 Å². The van der Waals surface area contributed by atoms with Gasteiger partial charge in [0.15, 0.2) is 0 Å². The van der Waals surface area contributed by atoms with Crippen molar-refractivity contribution in [1.82, 2.24) is 0 Å². The van der Waals surface area contributed by atoms with Crippen LogP contribution < -0.4 is 24.8 Å². The summed E-state index contributed by atoms with van der Waals surface area (Å²) in [6.07, 6.45) is 27.0. The van der Waals surface area contributed by atoms with E-state index in [9.17, 15) is 0 Å². The molecule has 208 valence electrons. The Labute approximate surface area is 273 Å². The summed E-state index contributed by atoms with van der Waals surface area (Å²) in [6.45, 7) is 26.4. The Morgan fingerprint density at radius 3 is 0.947 bits per heavy atom. The molecule has 0 N–H and O–H groups in total. The average Bonchev–Trinajstić information content (AvgIpc) is 3.59. The molecule has 0 aromatic carbocycles. The van der Waals surface area contributed by atoms with Gasteiger partial charge in [-0.15, -0.1) is 26.7 Å². The van der Waals surface area contributed by atoms with Gasteiger partial charge in [0.05, 0.1) is 0 Å². The minimum atomic E-state index is 0. The molecule has 0 fully saturated rings. The fourth-order valence-corrected chi connectivity index (χ4v) is 3.00. The summed E-state index contributed by atoms with van der Waals surface area (Å²) < 4.78 is 0. The van der Waals surface area contributed by atoms with Crippen LogP contribution in [0.3, 0.4) is 0 Å². The van der Waals surface area contributed by atoms with E-state index in [2.05, 4.69) is 156 Å². The zero-order valence-corrected chi connectivity index (χ0v) is 32.4. The fourth-order valence-electron chi connectivity index (χ4n) is 3.00. The van der Waals surface area contributed by atoms with E-state index in [1.165, 1.54) is 33.4 Å². The Balaban J connectivity index is -0.000000187. The number of hydrogen-bond acceptors (Lipinski definition) is 0. The number of rotatable bonds is 0. The Morgan fingerprint density at radius 2 is 0.895 bits per heavy atom. The first-order chi connectivity index (χ1) is 16.7. The normalized spacial score (nSPS) is 18.9. The SMILES string of the molecule is CC1=[C-]C(C)C(C)=C1C.CC1=[C-]C(C)C(C)=C1C.C[Si](C)=[Ti+2].C[Si](C)=[Ti+2].[C-]1=CC=CC1.[C-]1=CC=CC1.[Cl-].[Cl-]. The zero-order valence-electron chi connectivity index (χ0n) is 25.8. The van der Waals surface area contributed by atoms with Crippen molar-refractivity contribution in [3.05, 3.63) is 94.2 Å². The molecule has 0 saturated heterocycles. The van der Waals surface area contributed by atoms with Crippen LogP contribution >= 0.6 is 0 Å². The Kier molecular flexibility index (Phi) is 32.9. The quantitative estimate of drug-likeness (QED) is 0.277. The summed E-state index contributed by atoms with van der Waals surface area (Å²) in [5, 5.41) is 0. The van der Waals surface area contributed by atoms with E-state index in [0.29, 0.717) is 11.8 Å². The third-order valence-corrected chi connectivity index (χ3v) is 5.64. The molecule has 0 spiro atoms. The van der Waals surface area contributed by atoms with Gasteiger partial charge < -0.3 is 24.8 Å². The standard InChI is InChI=1S/2C9H13.2C5H5.2C2H6Si.2ClH.2Ti/c2*1-6-5-7(2)9(4)8(6)3;2*1-2-4-5-3-1;2*1-3-2;;;;/h2*6H,1-4H3;2*1-3H,4H2;2*1-2H3;2*1H;;/q4*-1;;;;;2*+2/p-2. The van der Waals surface area contributed by atoms with Crippen molar-refractivity contribution in [2.45, 2.75) is 94.4 Å².